The van der Waals surface area contributed by atoms with Crippen LogP contribution in [0.5, 0.6) is 17.2 Å². The molecule has 158 valence electrons. The second-order valence-corrected chi connectivity index (χ2v) is 6.06. The molecule has 0 bridgehead atoms. The highest BCUT2D eigenvalue weighted by atomic mass is 16.5. The van der Waals surface area contributed by atoms with Crippen molar-refractivity contribution in [3.05, 3.63) is 48.0 Å². The topological polar surface area (TPSA) is 98.1 Å². The Morgan fingerprint density at radius 1 is 1.00 bits per heavy atom. The van der Waals surface area contributed by atoms with Gasteiger partial charge in [0.15, 0.2) is 6.61 Å². The first-order valence-corrected chi connectivity index (χ1v) is 9.32. The van der Waals surface area contributed by atoms with Crippen LogP contribution in [0, 0.1) is 11.3 Å². The van der Waals surface area contributed by atoms with Crippen LogP contribution in [0.2, 0.25) is 0 Å². The number of hydrogen-bond acceptors (Lipinski definition) is 7. The molecule has 0 saturated carbocycles. The van der Waals surface area contributed by atoms with Crippen LogP contribution in [0.15, 0.2) is 42.5 Å². The largest absolute Gasteiger partial charge is 0.497 e. The van der Waals surface area contributed by atoms with Crippen molar-refractivity contribution in [3.63, 3.8) is 0 Å². The molecule has 8 nitrogen and oxygen atoms in total. The molecule has 0 saturated heterocycles. The van der Waals surface area contributed by atoms with Gasteiger partial charge in [-0.2, -0.15) is 5.26 Å². The molecule has 0 aliphatic carbocycles. The molecule has 0 atom stereocenters. The lowest BCUT2D eigenvalue weighted by atomic mass is 10.2. The number of hydrogen-bond donors (Lipinski definition) is 0. The number of carbonyl (C=O) groups is 2. The number of amides is 1. The maximum atomic E-state index is 12.7. The van der Waals surface area contributed by atoms with Crippen molar-refractivity contribution >= 4 is 17.6 Å². The van der Waals surface area contributed by atoms with Gasteiger partial charge >= 0.3 is 5.97 Å². The van der Waals surface area contributed by atoms with E-state index in [1.807, 2.05) is 13.0 Å². The van der Waals surface area contributed by atoms with E-state index in [0.29, 0.717) is 29.5 Å². The smallest absolute Gasteiger partial charge is 0.338 e. The van der Waals surface area contributed by atoms with Crippen molar-refractivity contribution in [2.45, 2.75) is 13.3 Å². The molecule has 0 aliphatic heterocycles. The van der Waals surface area contributed by atoms with Gasteiger partial charge in [0.25, 0.3) is 5.91 Å². The number of benzene rings is 2. The van der Waals surface area contributed by atoms with Crippen molar-refractivity contribution in [2.24, 2.45) is 0 Å². The third kappa shape index (κ3) is 6.14. The number of ether oxygens (including phenoxy) is 4. The van der Waals surface area contributed by atoms with Crippen LogP contribution in [0.25, 0.3) is 0 Å². The van der Waals surface area contributed by atoms with Gasteiger partial charge in [-0.1, -0.05) is 0 Å². The number of esters is 1. The number of carbonyl (C=O) groups excluding carboxylic acids is 2. The Kier molecular flexibility index (Phi) is 8.51. The van der Waals surface area contributed by atoms with E-state index in [0.717, 1.165) is 0 Å². The average Bonchev–Trinajstić information content (AvgIpc) is 2.78. The summed E-state index contributed by atoms with van der Waals surface area (Å²) in [6.07, 6.45) is 0.139. The number of methoxy groups -OCH3 is 2. The summed E-state index contributed by atoms with van der Waals surface area (Å²) < 4.78 is 20.9. The van der Waals surface area contributed by atoms with Crippen LogP contribution >= 0.6 is 0 Å². The molecule has 0 heterocycles. The predicted molar refractivity (Wildman–Crippen MR) is 110 cm³/mol. The lowest BCUT2D eigenvalue weighted by Crippen LogP contribution is -2.35. The number of nitrogens with zero attached hydrogens (tertiary/aromatic N) is 2. The second-order valence-electron chi connectivity index (χ2n) is 6.06. The van der Waals surface area contributed by atoms with Crippen molar-refractivity contribution in [1.82, 2.24) is 0 Å². The average molecular weight is 412 g/mol. The Hall–Kier alpha value is -3.73. The van der Waals surface area contributed by atoms with Crippen molar-refractivity contribution in [3.8, 4) is 23.3 Å². The van der Waals surface area contributed by atoms with Crippen molar-refractivity contribution in [1.29, 1.82) is 5.26 Å². The third-order valence-electron chi connectivity index (χ3n) is 4.12. The van der Waals surface area contributed by atoms with E-state index in [1.54, 1.807) is 30.3 Å². The molecule has 0 N–H and O–H groups in total. The second kappa shape index (κ2) is 11.3. The van der Waals surface area contributed by atoms with Gasteiger partial charge in [0.2, 0.25) is 0 Å². The zero-order valence-corrected chi connectivity index (χ0v) is 17.2. The molecule has 2 aromatic rings. The molecular formula is C22H24N2O6. The van der Waals surface area contributed by atoms with E-state index >= 15 is 0 Å². The molecule has 2 aromatic carbocycles. The summed E-state index contributed by atoms with van der Waals surface area (Å²) in [4.78, 5) is 26.5. The lowest BCUT2D eigenvalue weighted by molar-refractivity contribution is -0.121. The quantitative estimate of drug-likeness (QED) is 0.553. The van der Waals surface area contributed by atoms with Gasteiger partial charge in [-0.3, -0.25) is 4.79 Å². The van der Waals surface area contributed by atoms with E-state index in [4.69, 9.17) is 24.2 Å². The van der Waals surface area contributed by atoms with Crippen LogP contribution in [0.4, 0.5) is 5.69 Å². The molecular weight excluding hydrogens is 388 g/mol. The Morgan fingerprint density at radius 2 is 1.63 bits per heavy atom. The van der Waals surface area contributed by atoms with Crippen LogP contribution in [-0.2, 0) is 9.53 Å². The fourth-order valence-electron chi connectivity index (χ4n) is 2.66. The highest BCUT2D eigenvalue weighted by Crippen LogP contribution is 2.23. The Bertz CT molecular complexity index is 883. The van der Waals surface area contributed by atoms with Crippen LogP contribution in [0.3, 0.4) is 0 Å². The Morgan fingerprint density at radius 3 is 2.17 bits per heavy atom. The van der Waals surface area contributed by atoms with E-state index in [2.05, 4.69) is 0 Å². The van der Waals surface area contributed by atoms with Gasteiger partial charge in [-0.05, 0) is 43.3 Å². The van der Waals surface area contributed by atoms with E-state index in [-0.39, 0.29) is 18.5 Å². The zero-order valence-electron chi connectivity index (χ0n) is 17.2. The summed E-state index contributed by atoms with van der Waals surface area (Å²) in [6, 6.07) is 13.5. The van der Waals surface area contributed by atoms with Gasteiger partial charge in [0, 0.05) is 18.3 Å². The summed E-state index contributed by atoms with van der Waals surface area (Å²) in [5.41, 5.74) is 0.779. The lowest BCUT2D eigenvalue weighted by Gasteiger charge is -2.22. The molecule has 0 unspecified atom stereocenters. The minimum atomic E-state index is -0.688. The number of anilines is 1. The van der Waals surface area contributed by atoms with E-state index in [1.165, 1.54) is 31.3 Å². The fraction of sp³-hybridized carbons (Fsp3) is 0.318. The van der Waals surface area contributed by atoms with Crippen molar-refractivity contribution < 1.29 is 28.5 Å². The molecule has 8 heteroatoms. The maximum Gasteiger partial charge on any atom is 0.338 e. The molecule has 1 amide bonds. The molecule has 30 heavy (non-hydrogen) atoms. The first-order chi connectivity index (χ1) is 14.5. The van der Waals surface area contributed by atoms with E-state index < -0.39 is 18.5 Å². The van der Waals surface area contributed by atoms with Gasteiger partial charge in [-0.25, -0.2) is 4.79 Å². The summed E-state index contributed by atoms with van der Waals surface area (Å²) >= 11 is 0. The molecule has 2 rings (SSSR count). The fourth-order valence-corrected chi connectivity index (χ4v) is 2.66. The summed E-state index contributed by atoms with van der Waals surface area (Å²) in [5, 5.41) is 8.91. The highest BCUT2D eigenvalue weighted by Gasteiger charge is 2.19. The van der Waals surface area contributed by atoms with Gasteiger partial charge < -0.3 is 23.8 Å². The number of rotatable bonds is 10. The van der Waals surface area contributed by atoms with Gasteiger partial charge in [-0.15, -0.1) is 0 Å². The first kappa shape index (κ1) is 22.6. The molecule has 0 spiro atoms. The summed E-state index contributed by atoms with van der Waals surface area (Å²) in [5.74, 6) is 0.396. The Balaban J connectivity index is 2.10. The summed E-state index contributed by atoms with van der Waals surface area (Å²) in [7, 11) is 2.94. The van der Waals surface area contributed by atoms with Crippen LogP contribution in [-0.4, -0.2) is 45.9 Å². The van der Waals surface area contributed by atoms with Gasteiger partial charge in [0.1, 0.15) is 17.2 Å². The minimum absolute atomic E-state index is 0.139. The molecule has 0 aromatic heterocycles. The third-order valence-corrected chi connectivity index (χ3v) is 4.12. The minimum Gasteiger partial charge on any atom is -0.497 e. The van der Waals surface area contributed by atoms with Crippen LogP contribution < -0.4 is 19.1 Å². The SMILES string of the molecule is CCOc1ccc(N(CCC#N)C(=O)COC(=O)c2cc(OC)cc(OC)c2)cc1. The monoisotopic (exact) mass is 412 g/mol. The standard InChI is InChI=1S/C22H24N2O6/c1-4-29-18-8-6-17(7-9-18)24(11-5-10-23)21(25)15-30-22(26)16-12-19(27-2)14-20(13-16)28-3/h6-9,12-14H,4-5,11,15H2,1-3H3. The van der Waals surface area contributed by atoms with Crippen LogP contribution in [0.1, 0.15) is 23.7 Å². The highest BCUT2D eigenvalue weighted by molar-refractivity contribution is 5.97. The van der Waals surface area contributed by atoms with Gasteiger partial charge in [0.05, 0.1) is 38.9 Å². The number of nitriles is 1. The van der Waals surface area contributed by atoms with E-state index in [9.17, 15) is 9.59 Å². The zero-order chi connectivity index (χ0) is 21.9. The first-order valence-electron chi connectivity index (χ1n) is 9.32. The molecule has 0 aliphatic rings. The maximum absolute atomic E-state index is 12.7. The predicted octanol–water partition coefficient (Wildman–Crippen LogP) is 3.21. The normalized spacial score (nSPS) is 9.93. The Labute approximate surface area is 175 Å². The molecule has 0 radical (unpaired) electrons. The summed E-state index contributed by atoms with van der Waals surface area (Å²) in [6.45, 7) is 2.11. The molecule has 0 fully saturated rings. The van der Waals surface area contributed by atoms with Crippen molar-refractivity contribution in [2.75, 3.05) is 38.9 Å².